The van der Waals surface area contributed by atoms with Gasteiger partial charge in [0.2, 0.25) is 0 Å². The topological polar surface area (TPSA) is 109 Å². The van der Waals surface area contributed by atoms with Gasteiger partial charge in [0.05, 0.1) is 9.79 Å². The molecule has 0 aliphatic rings. The fourth-order valence-electron chi connectivity index (χ4n) is 0.795. The number of benzene rings is 1. The Morgan fingerprint density at radius 1 is 0.867 bits per heavy atom. The molecule has 0 atom stereocenters. The molecule has 6 nitrogen and oxygen atoms in total. The van der Waals surface area contributed by atoms with Gasteiger partial charge in [-0.05, 0) is 18.2 Å². The fraction of sp³-hybridized carbons (Fsp3) is 0. The summed E-state index contributed by atoms with van der Waals surface area (Å²) in [6.07, 6.45) is 0. The molecule has 0 heterocycles. The third kappa shape index (κ3) is 4.55. The van der Waals surface area contributed by atoms with E-state index < -0.39 is 30.0 Å². The molecule has 9 heteroatoms. The second-order valence-electron chi connectivity index (χ2n) is 2.42. The van der Waals surface area contributed by atoms with Crippen molar-refractivity contribution in [3.8, 4) is 0 Å². The molecule has 1 aromatic rings. The number of hydrogen-bond acceptors (Lipinski definition) is 4. The van der Waals surface area contributed by atoms with E-state index in [1.165, 1.54) is 0 Å². The van der Waals surface area contributed by atoms with Gasteiger partial charge in [0.15, 0.2) is 0 Å². The molecular formula is C6H6BaO6S2+2. The summed E-state index contributed by atoms with van der Waals surface area (Å²) in [5.74, 6) is 0. The van der Waals surface area contributed by atoms with E-state index in [4.69, 9.17) is 9.11 Å². The molecule has 2 N–H and O–H groups in total. The smallest absolute Gasteiger partial charge is 0.282 e. The molecule has 0 saturated carbocycles. The zero-order valence-corrected chi connectivity index (χ0v) is 13.4. The molecule has 0 spiro atoms. The Morgan fingerprint density at radius 3 is 1.47 bits per heavy atom. The molecule has 0 saturated heterocycles. The average molecular weight is 376 g/mol. The third-order valence-corrected chi connectivity index (χ3v) is 3.10. The average Bonchev–Trinajstić information content (AvgIpc) is 2.01. The summed E-state index contributed by atoms with van der Waals surface area (Å²) in [6.45, 7) is 0. The molecule has 0 aliphatic carbocycles. The van der Waals surface area contributed by atoms with E-state index in [0.29, 0.717) is 6.07 Å². The van der Waals surface area contributed by atoms with Crippen LogP contribution in [0.3, 0.4) is 0 Å². The van der Waals surface area contributed by atoms with E-state index in [-0.39, 0.29) is 48.9 Å². The van der Waals surface area contributed by atoms with Crippen molar-refractivity contribution < 1.29 is 25.9 Å². The van der Waals surface area contributed by atoms with Gasteiger partial charge in [0, 0.05) is 0 Å². The van der Waals surface area contributed by atoms with Crippen LogP contribution in [-0.2, 0) is 20.2 Å². The number of hydrogen-bond donors (Lipinski definition) is 2. The van der Waals surface area contributed by atoms with Gasteiger partial charge in [-0.1, -0.05) is 6.07 Å². The summed E-state index contributed by atoms with van der Waals surface area (Å²) in [4.78, 5) is -1.18. The SMILES string of the molecule is O=S(=O)(O)c1cccc(S(=O)(=O)O)c1.[Ba+2]. The molecule has 78 valence electrons. The fourth-order valence-corrected chi connectivity index (χ4v) is 1.92. The van der Waals surface area contributed by atoms with Crippen LogP contribution in [0.2, 0.25) is 0 Å². The van der Waals surface area contributed by atoms with Crippen LogP contribution in [0.1, 0.15) is 0 Å². The second kappa shape index (κ2) is 5.29. The van der Waals surface area contributed by atoms with E-state index in [9.17, 15) is 16.8 Å². The molecule has 0 bridgehead atoms. The summed E-state index contributed by atoms with van der Waals surface area (Å²) in [7, 11) is -8.92. The van der Waals surface area contributed by atoms with Crippen molar-refractivity contribution in [3.05, 3.63) is 24.3 Å². The van der Waals surface area contributed by atoms with Crippen LogP contribution >= 0.6 is 0 Å². The Bertz CT molecular complexity index is 499. The molecular weight excluding hydrogens is 370 g/mol. The van der Waals surface area contributed by atoms with Crippen LogP contribution in [0.15, 0.2) is 34.1 Å². The first-order valence-corrected chi connectivity index (χ1v) is 6.14. The minimum Gasteiger partial charge on any atom is -0.282 e. The normalized spacial score (nSPS) is 11.9. The van der Waals surface area contributed by atoms with Gasteiger partial charge in [-0.15, -0.1) is 0 Å². The van der Waals surface area contributed by atoms with Crippen molar-refractivity contribution in [1.29, 1.82) is 0 Å². The molecule has 0 radical (unpaired) electrons. The molecule has 0 fully saturated rings. The van der Waals surface area contributed by atoms with Crippen LogP contribution in [-0.4, -0.2) is 74.8 Å². The molecule has 15 heavy (non-hydrogen) atoms. The van der Waals surface area contributed by atoms with Crippen LogP contribution in [0, 0.1) is 0 Å². The first kappa shape index (κ1) is 15.6. The van der Waals surface area contributed by atoms with Crippen molar-refractivity contribution >= 4 is 69.1 Å². The maximum Gasteiger partial charge on any atom is 2.00 e. The van der Waals surface area contributed by atoms with Gasteiger partial charge >= 0.3 is 48.9 Å². The maximum absolute atomic E-state index is 10.6. The van der Waals surface area contributed by atoms with Crippen LogP contribution in [0.5, 0.6) is 0 Å². The minimum absolute atomic E-state index is 0. The largest absolute Gasteiger partial charge is 2.00 e. The monoisotopic (exact) mass is 376 g/mol. The zero-order chi connectivity index (χ0) is 11.0. The summed E-state index contributed by atoms with van der Waals surface area (Å²) >= 11 is 0. The van der Waals surface area contributed by atoms with Crippen LogP contribution in [0.25, 0.3) is 0 Å². The Kier molecular flexibility index (Phi) is 5.51. The van der Waals surface area contributed by atoms with Gasteiger partial charge in [-0.2, -0.15) is 16.8 Å². The van der Waals surface area contributed by atoms with Crippen LogP contribution in [0.4, 0.5) is 0 Å². The van der Waals surface area contributed by atoms with Gasteiger partial charge < -0.3 is 0 Å². The maximum atomic E-state index is 10.6. The zero-order valence-electron chi connectivity index (χ0n) is 7.36. The molecule has 0 aliphatic heterocycles. The molecule has 0 unspecified atom stereocenters. The summed E-state index contributed by atoms with van der Waals surface area (Å²) < 4.78 is 59.5. The minimum atomic E-state index is -4.46. The van der Waals surface area contributed by atoms with E-state index >= 15 is 0 Å². The van der Waals surface area contributed by atoms with Gasteiger partial charge in [-0.25, -0.2) is 0 Å². The van der Waals surface area contributed by atoms with E-state index in [1.54, 1.807) is 0 Å². The quantitative estimate of drug-likeness (QED) is 0.547. The first-order chi connectivity index (χ1) is 6.21. The van der Waals surface area contributed by atoms with E-state index in [2.05, 4.69) is 0 Å². The van der Waals surface area contributed by atoms with Crippen molar-refractivity contribution in [2.45, 2.75) is 9.79 Å². The second-order valence-corrected chi connectivity index (χ2v) is 5.27. The van der Waals surface area contributed by atoms with Crippen molar-refractivity contribution in [1.82, 2.24) is 0 Å². The third-order valence-electron chi connectivity index (χ3n) is 1.40. The predicted molar refractivity (Wildman–Crippen MR) is 51.8 cm³/mol. The number of rotatable bonds is 2. The Labute approximate surface area is 127 Å². The Morgan fingerprint density at radius 2 is 1.20 bits per heavy atom. The Hall–Kier alpha value is 0.611. The predicted octanol–water partition coefficient (Wildman–Crippen LogP) is -0.201. The van der Waals surface area contributed by atoms with Gasteiger partial charge in [0.25, 0.3) is 20.2 Å². The molecule has 1 aromatic carbocycles. The van der Waals surface area contributed by atoms with Crippen molar-refractivity contribution in [3.63, 3.8) is 0 Å². The molecule has 0 aromatic heterocycles. The molecule has 0 amide bonds. The first-order valence-electron chi connectivity index (χ1n) is 3.26. The van der Waals surface area contributed by atoms with E-state index in [0.717, 1.165) is 18.2 Å². The standard InChI is InChI=1S/C6H6O6S2.Ba/c7-13(8,9)5-2-1-3-6(4-5)14(10,11)12;/h1-4H,(H,7,8,9)(H,10,11,12);/q;+2. The van der Waals surface area contributed by atoms with Crippen molar-refractivity contribution in [2.24, 2.45) is 0 Å². The summed E-state index contributed by atoms with van der Waals surface area (Å²) in [5, 5.41) is 0. The van der Waals surface area contributed by atoms with Gasteiger partial charge in [0.1, 0.15) is 0 Å². The Balaban J connectivity index is 0.00000196. The summed E-state index contributed by atoms with van der Waals surface area (Å²) in [5.41, 5.74) is 0. The van der Waals surface area contributed by atoms with Crippen LogP contribution < -0.4 is 0 Å². The summed E-state index contributed by atoms with van der Waals surface area (Å²) in [6, 6.07) is 3.75. The van der Waals surface area contributed by atoms with Crippen molar-refractivity contribution in [2.75, 3.05) is 0 Å². The van der Waals surface area contributed by atoms with E-state index in [1.807, 2.05) is 0 Å². The molecule has 1 rings (SSSR count). The van der Waals surface area contributed by atoms with Gasteiger partial charge in [-0.3, -0.25) is 9.11 Å².